The van der Waals surface area contributed by atoms with E-state index in [-0.39, 0.29) is 5.88 Å². The van der Waals surface area contributed by atoms with Crippen molar-refractivity contribution in [3.8, 4) is 17.1 Å². The Bertz CT molecular complexity index is 814. The van der Waals surface area contributed by atoms with Gasteiger partial charge in [-0.3, -0.25) is 0 Å². The minimum absolute atomic E-state index is 0.0129. The highest BCUT2D eigenvalue weighted by Crippen LogP contribution is 2.39. The first kappa shape index (κ1) is 12.9. The molecular formula is C16H12N2OS2. The molecule has 0 radical (unpaired) electrons. The van der Waals surface area contributed by atoms with E-state index in [1.54, 1.807) is 11.8 Å². The average molecular weight is 312 g/mol. The third-order valence-corrected chi connectivity index (χ3v) is 5.40. The lowest BCUT2D eigenvalue weighted by molar-refractivity contribution is 0.461. The molecule has 0 saturated heterocycles. The predicted molar refractivity (Wildman–Crippen MR) is 85.0 cm³/mol. The van der Waals surface area contributed by atoms with E-state index in [4.69, 9.17) is 0 Å². The Kier molecular flexibility index (Phi) is 3.16. The Labute approximate surface area is 131 Å². The molecular weight excluding hydrogens is 300 g/mol. The highest BCUT2D eigenvalue weighted by atomic mass is 32.2. The molecule has 1 aliphatic heterocycles. The van der Waals surface area contributed by atoms with Gasteiger partial charge < -0.3 is 5.11 Å². The summed E-state index contributed by atoms with van der Waals surface area (Å²) in [6.45, 7) is 0. The van der Waals surface area contributed by atoms with E-state index >= 15 is 0 Å². The number of nitrogens with zero attached hydrogens (tertiary/aromatic N) is 2. The second kappa shape index (κ2) is 5.16. The van der Waals surface area contributed by atoms with Crippen molar-refractivity contribution in [1.82, 2.24) is 8.75 Å². The molecule has 0 bridgehead atoms. The SMILES string of the molecule is Oc1nsnc1-c1ccc2c(c1)Sc1ccccc1CC2. The highest BCUT2D eigenvalue weighted by Gasteiger charge is 2.16. The van der Waals surface area contributed by atoms with Gasteiger partial charge in [0.05, 0.1) is 11.7 Å². The van der Waals surface area contributed by atoms with Crippen LogP contribution in [0.2, 0.25) is 0 Å². The van der Waals surface area contributed by atoms with E-state index in [1.807, 2.05) is 6.07 Å². The zero-order chi connectivity index (χ0) is 14.2. The summed E-state index contributed by atoms with van der Waals surface area (Å²) in [6, 6.07) is 14.8. The number of aromatic hydroxyl groups is 1. The maximum absolute atomic E-state index is 9.75. The third-order valence-electron chi connectivity index (χ3n) is 3.67. The van der Waals surface area contributed by atoms with Crippen LogP contribution in [0.5, 0.6) is 5.88 Å². The maximum atomic E-state index is 9.75. The number of hydrogen-bond acceptors (Lipinski definition) is 5. The fourth-order valence-corrected chi connectivity index (χ4v) is 4.21. The standard InChI is InChI=1S/C16H12N2OS2/c19-16-15(17-21-18-16)12-8-7-11-6-5-10-3-1-2-4-13(10)20-14(11)9-12/h1-4,7-9H,5-6H2,(H,18,19). The highest BCUT2D eigenvalue weighted by molar-refractivity contribution is 7.99. The third kappa shape index (κ3) is 2.32. The Morgan fingerprint density at radius 3 is 2.52 bits per heavy atom. The molecule has 1 N–H and O–H groups in total. The second-order valence-electron chi connectivity index (χ2n) is 4.97. The summed E-state index contributed by atoms with van der Waals surface area (Å²) < 4.78 is 8.01. The second-order valence-corrected chi connectivity index (χ2v) is 6.58. The summed E-state index contributed by atoms with van der Waals surface area (Å²) in [7, 11) is 0. The monoisotopic (exact) mass is 312 g/mol. The molecule has 0 atom stereocenters. The number of rotatable bonds is 1. The van der Waals surface area contributed by atoms with Gasteiger partial charge in [0.1, 0.15) is 5.69 Å². The minimum atomic E-state index is 0.0129. The summed E-state index contributed by atoms with van der Waals surface area (Å²) in [5, 5.41) is 9.75. The average Bonchev–Trinajstić information content (AvgIpc) is 2.84. The zero-order valence-electron chi connectivity index (χ0n) is 11.1. The molecule has 2 heterocycles. The molecule has 0 spiro atoms. The molecule has 4 rings (SSSR count). The molecule has 2 aromatic carbocycles. The molecule has 0 unspecified atom stereocenters. The van der Waals surface area contributed by atoms with Crippen LogP contribution in [0.3, 0.4) is 0 Å². The van der Waals surface area contributed by atoms with Gasteiger partial charge in [-0.25, -0.2) is 0 Å². The Morgan fingerprint density at radius 1 is 0.905 bits per heavy atom. The Hall–Kier alpha value is -1.85. The van der Waals surface area contributed by atoms with E-state index in [9.17, 15) is 5.11 Å². The smallest absolute Gasteiger partial charge is 0.251 e. The number of hydrogen-bond donors (Lipinski definition) is 1. The van der Waals surface area contributed by atoms with Crippen LogP contribution in [0.15, 0.2) is 52.3 Å². The van der Waals surface area contributed by atoms with Crippen LogP contribution in [-0.4, -0.2) is 13.9 Å². The summed E-state index contributed by atoms with van der Waals surface area (Å²) in [5.41, 5.74) is 4.24. The molecule has 1 aliphatic rings. The van der Waals surface area contributed by atoms with Crippen LogP contribution >= 0.6 is 23.5 Å². The van der Waals surface area contributed by atoms with Gasteiger partial charge in [0.2, 0.25) is 0 Å². The van der Waals surface area contributed by atoms with Crippen molar-refractivity contribution in [3.63, 3.8) is 0 Å². The van der Waals surface area contributed by atoms with Crippen molar-refractivity contribution in [2.75, 3.05) is 0 Å². The van der Waals surface area contributed by atoms with Gasteiger partial charge in [0, 0.05) is 15.4 Å². The number of benzene rings is 2. The molecule has 5 heteroatoms. The normalized spacial score (nSPS) is 13.3. The van der Waals surface area contributed by atoms with Gasteiger partial charge in [-0.15, -0.1) is 4.37 Å². The quantitative estimate of drug-likeness (QED) is 0.733. The van der Waals surface area contributed by atoms with Crippen molar-refractivity contribution in [2.24, 2.45) is 0 Å². The molecule has 0 fully saturated rings. The van der Waals surface area contributed by atoms with Crippen LogP contribution in [0.1, 0.15) is 11.1 Å². The number of aryl methyl sites for hydroxylation is 2. The van der Waals surface area contributed by atoms with Crippen LogP contribution < -0.4 is 0 Å². The van der Waals surface area contributed by atoms with E-state index < -0.39 is 0 Å². The van der Waals surface area contributed by atoms with E-state index in [1.165, 1.54) is 20.9 Å². The first-order chi connectivity index (χ1) is 10.3. The maximum Gasteiger partial charge on any atom is 0.251 e. The molecule has 1 aromatic heterocycles. The predicted octanol–water partition coefficient (Wildman–Crippen LogP) is 4.16. The summed E-state index contributed by atoms with van der Waals surface area (Å²) >= 11 is 2.83. The minimum Gasteiger partial charge on any atom is -0.491 e. The summed E-state index contributed by atoms with van der Waals surface area (Å²) in [5.74, 6) is 0.0129. The lowest BCUT2D eigenvalue weighted by atomic mass is 10.0. The van der Waals surface area contributed by atoms with Gasteiger partial charge in [-0.1, -0.05) is 42.1 Å². The first-order valence-corrected chi connectivity index (χ1v) is 8.26. The fourth-order valence-electron chi connectivity index (χ4n) is 2.57. The van der Waals surface area contributed by atoms with Crippen molar-refractivity contribution >= 4 is 23.5 Å². The fraction of sp³-hybridized carbons (Fsp3) is 0.125. The van der Waals surface area contributed by atoms with Crippen molar-refractivity contribution in [3.05, 3.63) is 53.6 Å². The van der Waals surface area contributed by atoms with Crippen LogP contribution in [0.4, 0.5) is 0 Å². The Balaban J connectivity index is 1.80. The summed E-state index contributed by atoms with van der Waals surface area (Å²) in [6.07, 6.45) is 2.11. The molecule has 0 amide bonds. The van der Waals surface area contributed by atoms with Crippen LogP contribution in [-0.2, 0) is 12.8 Å². The van der Waals surface area contributed by atoms with Crippen molar-refractivity contribution in [2.45, 2.75) is 22.6 Å². The van der Waals surface area contributed by atoms with E-state index in [0.29, 0.717) is 5.69 Å². The number of fused-ring (bicyclic) bond motifs is 2. The van der Waals surface area contributed by atoms with E-state index in [0.717, 1.165) is 30.1 Å². The van der Waals surface area contributed by atoms with Gasteiger partial charge >= 0.3 is 0 Å². The van der Waals surface area contributed by atoms with Gasteiger partial charge in [-0.05, 0) is 36.1 Å². The lowest BCUT2D eigenvalue weighted by Crippen LogP contribution is -1.91. The van der Waals surface area contributed by atoms with Crippen molar-refractivity contribution < 1.29 is 5.11 Å². The summed E-state index contributed by atoms with van der Waals surface area (Å²) in [4.78, 5) is 2.55. The first-order valence-electron chi connectivity index (χ1n) is 6.72. The molecule has 104 valence electrons. The molecule has 0 saturated carbocycles. The molecule has 3 nitrogen and oxygen atoms in total. The van der Waals surface area contributed by atoms with Crippen molar-refractivity contribution in [1.29, 1.82) is 0 Å². The topological polar surface area (TPSA) is 46.0 Å². The number of aromatic nitrogens is 2. The lowest BCUT2D eigenvalue weighted by Gasteiger charge is -2.07. The van der Waals surface area contributed by atoms with E-state index in [2.05, 4.69) is 45.1 Å². The largest absolute Gasteiger partial charge is 0.491 e. The zero-order valence-corrected chi connectivity index (χ0v) is 12.7. The van der Waals surface area contributed by atoms with Gasteiger partial charge in [0.25, 0.3) is 5.88 Å². The van der Waals surface area contributed by atoms with Gasteiger partial charge in [0.15, 0.2) is 0 Å². The Morgan fingerprint density at radius 2 is 1.71 bits per heavy atom. The molecule has 3 aromatic rings. The molecule has 0 aliphatic carbocycles. The van der Waals surface area contributed by atoms with Crippen LogP contribution in [0.25, 0.3) is 11.3 Å². The molecule has 21 heavy (non-hydrogen) atoms. The van der Waals surface area contributed by atoms with Crippen LogP contribution in [0, 0.1) is 0 Å². The van der Waals surface area contributed by atoms with Gasteiger partial charge in [-0.2, -0.15) is 4.37 Å².